The molecule has 108 valence electrons. The summed E-state index contributed by atoms with van der Waals surface area (Å²) in [5.41, 5.74) is 1.67. The first kappa shape index (κ1) is 15.6. The van der Waals surface area contributed by atoms with E-state index < -0.39 is 10.0 Å². The van der Waals surface area contributed by atoms with Crippen molar-refractivity contribution in [2.45, 2.75) is 17.9 Å². The van der Waals surface area contributed by atoms with Gasteiger partial charge in [0.05, 0.1) is 19.6 Å². The van der Waals surface area contributed by atoms with Crippen LogP contribution in [0.25, 0.3) is 0 Å². The van der Waals surface area contributed by atoms with E-state index in [-0.39, 0.29) is 10.9 Å². The van der Waals surface area contributed by atoms with Gasteiger partial charge in [0.1, 0.15) is 0 Å². The molecule has 0 spiro atoms. The largest absolute Gasteiger partial charge is 0.378 e. The topological polar surface area (TPSA) is 72.2 Å². The third kappa shape index (κ3) is 3.65. The van der Waals surface area contributed by atoms with Gasteiger partial charge in [-0.1, -0.05) is 23.2 Å². The Labute approximate surface area is 131 Å². The number of anilines is 1. The van der Waals surface area contributed by atoms with Crippen LogP contribution >= 0.6 is 34.5 Å². The second-order valence-corrected chi connectivity index (χ2v) is 8.06. The molecule has 2 rings (SSSR count). The molecule has 4 nitrogen and oxygen atoms in total. The minimum absolute atomic E-state index is 0.0495. The van der Waals surface area contributed by atoms with E-state index in [4.69, 9.17) is 28.3 Å². The number of rotatable bonds is 4. The van der Waals surface area contributed by atoms with Crippen molar-refractivity contribution in [2.75, 3.05) is 5.32 Å². The van der Waals surface area contributed by atoms with Crippen LogP contribution in [0.2, 0.25) is 8.67 Å². The van der Waals surface area contributed by atoms with Gasteiger partial charge in [-0.25, -0.2) is 13.6 Å². The van der Waals surface area contributed by atoms with Crippen LogP contribution in [0, 0.1) is 0 Å². The van der Waals surface area contributed by atoms with Crippen LogP contribution < -0.4 is 10.5 Å². The molecule has 1 aromatic carbocycles. The quantitative estimate of drug-likeness (QED) is 0.878. The first-order valence-electron chi connectivity index (χ1n) is 5.61. The molecule has 2 aromatic rings. The van der Waals surface area contributed by atoms with Crippen molar-refractivity contribution >= 4 is 50.2 Å². The molecule has 3 N–H and O–H groups in total. The number of hydrogen-bond acceptors (Lipinski definition) is 4. The summed E-state index contributed by atoms with van der Waals surface area (Å²) in [4.78, 5) is 0.0762. The van der Waals surface area contributed by atoms with Gasteiger partial charge >= 0.3 is 0 Å². The van der Waals surface area contributed by atoms with E-state index >= 15 is 0 Å². The summed E-state index contributed by atoms with van der Waals surface area (Å²) in [6.45, 7) is 1.94. The zero-order chi connectivity index (χ0) is 14.9. The van der Waals surface area contributed by atoms with Crippen molar-refractivity contribution in [3.05, 3.63) is 44.6 Å². The third-order valence-corrected chi connectivity index (χ3v) is 5.16. The van der Waals surface area contributed by atoms with Crippen molar-refractivity contribution in [2.24, 2.45) is 5.14 Å². The van der Waals surface area contributed by atoms with E-state index in [2.05, 4.69) is 5.32 Å². The summed E-state index contributed by atoms with van der Waals surface area (Å²) in [5.74, 6) is 0. The van der Waals surface area contributed by atoms with Gasteiger partial charge in [-0.05, 0) is 37.3 Å². The zero-order valence-corrected chi connectivity index (χ0v) is 13.6. The van der Waals surface area contributed by atoms with Gasteiger partial charge in [0.25, 0.3) is 0 Å². The van der Waals surface area contributed by atoms with Gasteiger partial charge in [-0.3, -0.25) is 0 Å². The molecule has 0 radical (unpaired) electrons. The highest BCUT2D eigenvalue weighted by Gasteiger charge is 2.14. The van der Waals surface area contributed by atoms with Crippen LogP contribution in [0.5, 0.6) is 0 Å². The molecule has 0 saturated carbocycles. The highest BCUT2D eigenvalue weighted by molar-refractivity contribution is 7.89. The predicted octanol–water partition coefficient (Wildman–Crippen LogP) is 3.88. The molecule has 0 fully saturated rings. The van der Waals surface area contributed by atoms with Crippen LogP contribution in [-0.4, -0.2) is 8.42 Å². The Morgan fingerprint density at radius 3 is 2.30 bits per heavy atom. The van der Waals surface area contributed by atoms with Crippen LogP contribution in [0.1, 0.15) is 18.5 Å². The molecular formula is C12H12Cl2N2O2S2. The van der Waals surface area contributed by atoms with Gasteiger partial charge in [0, 0.05) is 11.3 Å². The molecule has 0 bridgehead atoms. The van der Waals surface area contributed by atoms with Crippen molar-refractivity contribution in [1.29, 1.82) is 0 Å². The molecule has 0 aliphatic heterocycles. The van der Waals surface area contributed by atoms with Crippen LogP contribution in [0.4, 0.5) is 5.69 Å². The van der Waals surface area contributed by atoms with E-state index in [9.17, 15) is 8.42 Å². The smallest absolute Gasteiger partial charge is 0.238 e. The molecule has 0 aliphatic carbocycles. The van der Waals surface area contributed by atoms with Crippen molar-refractivity contribution < 1.29 is 8.42 Å². The molecule has 1 aromatic heterocycles. The first-order valence-corrected chi connectivity index (χ1v) is 8.73. The van der Waals surface area contributed by atoms with Crippen LogP contribution in [-0.2, 0) is 10.0 Å². The molecule has 0 saturated heterocycles. The lowest BCUT2D eigenvalue weighted by Gasteiger charge is -2.15. The lowest BCUT2D eigenvalue weighted by Crippen LogP contribution is -2.12. The van der Waals surface area contributed by atoms with Crippen LogP contribution in [0.3, 0.4) is 0 Å². The second-order valence-electron chi connectivity index (χ2n) is 4.21. The fourth-order valence-electron chi connectivity index (χ4n) is 1.72. The van der Waals surface area contributed by atoms with Crippen molar-refractivity contribution in [1.82, 2.24) is 0 Å². The lowest BCUT2D eigenvalue weighted by molar-refractivity contribution is 0.598. The van der Waals surface area contributed by atoms with Crippen molar-refractivity contribution in [3.63, 3.8) is 0 Å². The fraction of sp³-hybridized carbons (Fsp3) is 0.167. The highest BCUT2D eigenvalue weighted by Crippen LogP contribution is 2.36. The number of benzene rings is 1. The molecule has 0 aliphatic rings. The molecular weight excluding hydrogens is 339 g/mol. The number of nitrogens with two attached hydrogens (primary N) is 1. The zero-order valence-electron chi connectivity index (χ0n) is 10.4. The summed E-state index contributed by atoms with van der Waals surface area (Å²) >= 11 is 13.3. The summed E-state index contributed by atoms with van der Waals surface area (Å²) in [6, 6.07) is 7.96. The highest BCUT2D eigenvalue weighted by atomic mass is 35.5. The Morgan fingerprint density at radius 2 is 1.85 bits per heavy atom. The number of hydrogen-bond donors (Lipinski definition) is 2. The maximum Gasteiger partial charge on any atom is 0.238 e. The Morgan fingerprint density at radius 1 is 1.25 bits per heavy atom. The summed E-state index contributed by atoms with van der Waals surface area (Å²) in [7, 11) is -3.67. The molecule has 1 heterocycles. The van der Waals surface area contributed by atoms with Gasteiger partial charge in [0.15, 0.2) is 0 Å². The number of halogens is 2. The van der Waals surface area contributed by atoms with E-state index in [1.165, 1.54) is 23.5 Å². The number of sulfonamides is 1. The average molecular weight is 351 g/mol. The normalized spacial score (nSPS) is 13.2. The number of thiophene rings is 1. The average Bonchev–Trinajstić information content (AvgIpc) is 2.68. The predicted molar refractivity (Wildman–Crippen MR) is 84.2 cm³/mol. The first-order chi connectivity index (χ1) is 9.27. The standard InChI is InChI=1S/C12H12Cl2N2O2S2/c1-7(10-6-11(13)19-12(10)14)16-8-2-4-9(5-3-8)20(15,17)18/h2-7,16H,1H3,(H2,15,17,18). The van der Waals surface area contributed by atoms with Gasteiger partial charge in [0.2, 0.25) is 10.0 Å². The molecule has 0 amide bonds. The van der Waals surface area contributed by atoms with E-state index in [0.717, 1.165) is 11.3 Å². The lowest BCUT2D eigenvalue weighted by atomic mass is 10.1. The van der Waals surface area contributed by atoms with Gasteiger partial charge in [-0.15, -0.1) is 11.3 Å². The van der Waals surface area contributed by atoms with Crippen molar-refractivity contribution in [3.8, 4) is 0 Å². The summed E-state index contributed by atoms with van der Waals surface area (Å²) in [5, 5.41) is 8.26. The number of nitrogens with one attached hydrogen (secondary N) is 1. The molecule has 8 heteroatoms. The molecule has 1 unspecified atom stereocenters. The van der Waals surface area contributed by atoms with E-state index in [0.29, 0.717) is 8.67 Å². The molecule has 1 atom stereocenters. The monoisotopic (exact) mass is 350 g/mol. The maximum atomic E-state index is 11.2. The SMILES string of the molecule is CC(Nc1ccc(S(N)(=O)=O)cc1)c1cc(Cl)sc1Cl. The summed E-state index contributed by atoms with van der Waals surface area (Å²) in [6.07, 6.45) is 0. The Balaban J connectivity index is 2.16. The fourth-order valence-corrected chi connectivity index (χ4v) is 3.88. The second kappa shape index (κ2) is 5.91. The third-order valence-electron chi connectivity index (χ3n) is 2.72. The minimum Gasteiger partial charge on any atom is -0.378 e. The van der Waals surface area contributed by atoms with E-state index in [1.807, 2.05) is 13.0 Å². The van der Waals surface area contributed by atoms with Gasteiger partial charge < -0.3 is 5.32 Å². The molecule has 20 heavy (non-hydrogen) atoms. The Hall–Kier alpha value is -0.790. The van der Waals surface area contributed by atoms with E-state index in [1.54, 1.807) is 12.1 Å². The maximum absolute atomic E-state index is 11.2. The minimum atomic E-state index is -3.67. The van der Waals surface area contributed by atoms with Gasteiger partial charge in [-0.2, -0.15) is 0 Å². The summed E-state index contributed by atoms with van der Waals surface area (Å²) < 4.78 is 23.6. The Kier molecular flexibility index (Phi) is 4.61. The van der Waals surface area contributed by atoms with Crippen LogP contribution in [0.15, 0.2) is 35.2 Å². The number of primary sulfonamides is 1. The Bertz CT molecular complexity index is 712.